The van der Waals surface area contributed by atoms with E-state index in [2.05, 4.69) is 5.10 Å². The minimum absolute atomic E-state index is 0.546. The molecule has 1 aromatic heterocycles. The lowest BCUT2D eigenvalue weighted by Crippen LogP contribution is -1.96. The molecule has 1 heterocycles. The van der Waals surface area contributed by atoms with Gasteiger partial charge in [-0.05, 0) is 30.7 Å². The summed E-state index contributed by atoms with van der Waals surface area (Å²) in [5.41, 5.74) is 2.50. The highest BCUT2D eigenvalue weighted by atomic mass is 35.5. The van der Waals surface area contributed by atoms with Crippen LogP contribution in [0.2, 0.25) is 5.02 Å². The minimum atomic E-state index is 0.546. The zero-order valence-electron chi connectivity index (χ0n) is 8.11. The van der Waals surface area contributed by atoms with E-state index in [1.807, 2.05) is 25.1 Å². The van der Waals surface area contributed by atoms with Crippen LogP contribution in [0.3, 0.4) is 0 Å². The lowest BCUT2D eigenvalue weighted by atomic mass is 10.2. The molecule has 0 unspecified atom stereocenters. The summed E-state index contributed by atoms with van der Waals surface area (Å²) in [5, 5.41) is 13.5. The molecule has 0 N–H and O–H groups in total. The molecule has 0 radical (unpaired) electrons. The largest absolute Gasteiger partial charge is 0.239 e. The summed E-state index contributed by atoms with van der Waals surface area (Å²) in [6.07, 6.45) is 3.23. The van der Waals surface area contributed by atoms with Gasteiger partial charge in [-0.3, -0.25) is 0 Å². The number of benzene rings is 1. The number of halogens is 1. The fraction of sp³-hybridized carbons (Fsp3) is 0.0909. The van der Waals surface area contributed by atoms with Crippen LogP contribution < -0.4 is 0 Å². The van der Waals surface area contributed by atoms with Gasteiger partial charge in [-0.2, -0.15) is 10.4 Å². The van der Waals surface area contributed by atoms with Crippen LogP contribution >= 0.6 is 11.6 Å². The highest BCUT2D eigenvalue weighted by Gasteiger charge is 2.03. The van der Waals surface area contributed by atoms with Crippen molar-refractivity contribution in [2.75, 3.05) is 0 Å². The molecule has 0 aliphatic rings. The SMILES string of the molecule is Cc1cc(Cl)ccc1-n1cc(C#N)cn1. The van der Waals surface area contributed by atoms with Crippen molar-refractivity contribution in [1.29, 1.82) is 5.26 Å². The Morgan fingerprint density at radius 3 is 2.87 bits per heavy atom. The molecular weight excluding hydrogens is 210 g/mol. The third kappa shape index (κ3) is 1.85. The second-order valence-electron chi connectivity index (χ2n) is 3.22. The van der Waals surface area contributed by atoms with Gasteiger partial charge < -0.3 is 0 Å². The van der Waals surface area contributed by atoms with E-state index in [0.29, 0.717) is 10.6 Å². The van der Waals surface area contributed by atoms with E-state index >= 15 is 0 Å². The number of hydrogen-bond acceptors (Lipinski definition) is 2. The van der Waals surface area contributed by atoms with E-state index in [9.17, 15) is 0 Å². The Kier molecular flexibility index (Phi) is 2.44. The summed E-state index contributed by atoms with van der Waals surface area (Å²) in [5.74, 6) is 0. The van der Waals surface area contributed by atoms with E-state index in [1.165, 1.54) is 6.20 Å². The van der Waals surface area contributed by atoms with Gasteiger partial charge in [-0.25, -0.2) is 4.68 Å². The quantitative estimate of drug-likeness (QED) is 0.737. The second kappa shape index (κ2) is 3.76. The Balaban J connectivity index is 2.50. The molecule has 0 amide bonds. The molecule has 0 aliphatic carbocycles. The van der Waals surface area contributed by atoms with Crippen LogP contribution in [-0.4, -0.2) is 9.78 Å². The lowest BCUT2D eigenvalue weighted by molar-refractivity contribution is 0.873. The monoisotopic (exact) mass is 217 g/mol. The van der Waals surface area contributed by atoms with Gasteiger partial charge in [0.15, 0.2) is 0 Å². The normalized spacial score (nSPS) is 9.93. The molecule has 0 aliphatic heterocycles. The summed E-state index contributed by atoms with van der Waals surface area (Å²) < 4.78 is 1.67. The minimum Gasteiger partial charge on any atom is -0.239 e. The number of hydrogen-bond donors (Lipinski definition) is 0. The summed E-state index contributed by atoms with van der Waals surface area (Å²) in [4.78, 5) is 0. The first kappa shape index (κ1) is 9.75. The van der Waals surface area contributed by atoms with Crippen LogP contribution in [0.1, 0.15) is 11.1 Å². The number of nitrogens with zero attached hydrogens (tertiary/aromatic N) is 3. The first-order chi connectivity index (χ1) is 7.20. The van der Waals surface area contributed by atoms with Crippen molar-refractivity contribution >= 4 is 11.6 Å². The van der Waals surface area contributed by atoms with Gasteiger partial charge in [-0.15, -0.1) is 0 Å². The topological polar surface area (TPSA) is 41.6 Å². The van der Waals surface area contributed by atoms with E-state index in [-0.39, 0.29) is 0 Å². The van der Waals surface area contributed by atoms with E-state index < -0.39 is 0 Å². The molecule has 0 atom stereocenters. The maximum Gasteiger partial charge on any atom is 0.102 e. The maximum absolute atomic E-state index is 8.69. The maximum atomic E-state index is 8.69. The Bertz CT molecular complexity index is 537. The Hall–Kier alpha value is -1.79. The summed E-state index contributed by atoms with van der Waals surface area (Å²) in [7, 11) is 0. The molecular formula is C11H8ClN3. The van der Waals surface area contributed by atoms with Crippen LogP contribution in [0.5, 0.6) is 0 Å². The molecule has 0 saturated carbocycles. The van der Waals surface area contributed by atoms with Crippen molar-refractivity contribution in [3.05, 3.63) is 46.7 Å². The van der Waals surface area contributed by atoms with Crippen LogP contribution in [-0.2, 0) is 0 Å². The smallest absolute Gasteiger partial charge is 0.102 e. The number of nitriles is 1. The zero-order chi connectivity index (χ0) is 10.8. The molecule has 0 bridgehead atoms. The van der Waals surface area contributed by atoms with Crippen molar-refractivity contribution in [2.24, 2.45) is 0 Å². The predicted octanol–water partition coefficient (Wildman–Crippen LogP) is 2.71. The zero-order valence-corrected chi connectivity index (χ0v) is 8.86. The van der Waals surface area contributed by atoms with Crippen LogP contribution in [0.15, 0.2) is 30.6 Å². The molecule has 0 saturated heterocycles. The van der Waals surface area contributed by atoms with Gasteiger partial charge in [0.1, 0.15) is 6.07 Å². The highest BCUT2D eigenvalue weighted by molar-refractivity contribution is 6.30. The van der Waals surface area contributed by atoms with Crippen molar-refractivity contribution in [2.45, 2.75) is 6.92 Å². The Morgan fingerprint density at radius 1 is 1.47 bits per heavy atom. The molecule has 3 nitrogen and oxygen atoms in total. The molecule has 1 aromatic carbocycles. The predicted molar refractivity (Wildman–Crippen MR) is 58.0 cm³/mol. The van der Waals surface area contributed by atoms with Gasteiger partial charge in [0, 0.05) is 11.2 Å². The van der Waals surface area contributed by atoms with E-state index in [1.54, 1.807) is 16.9 Å². The Labute approximate surface area is 92.5 Å². The standard InChI is InChI=1S/C11H8ClN3/c1-8-4-10(12)2-3-11(8)15-7-9(5-13)6-14-15/h2-4,6-7H,1H3. The molecule has 4 heteroatoms. The summed E-state index contributed by atoms with van der Waals surface area (Å²) in [6.45, 7) is 1.95. The first-order valence-electron chi connectivity index (χ1n) is 4.42. The van der Waals surface area contributed by atoms with Gasteiger partial charge in [0.05, 0.1) is 17.4 Å². The summed E-state index contributed by atoms with van der Waals surface area (Å²) in [6, 6.07) is 7.59. The van der Waals surface area contributed by atoms with Gasteiger partial charge >= 0.3 is 0 Å². The number of aromatic nitrogens is 2. The average molecular weight is 218 g/mol. The molecule has 2 rings (SSSR count). The van der Waals surface area contributed by atoms with E-state index in [4.69, 9.17) is 16.9 Å². The van der Waals surface area contributed by atoms with Crippen LogP contribution in [0, 0.1) is 18.3 Å². The molecule has 2 aromatic rings. The van der Waals surface area contributed by atoms with E-state index in [0.717, 1.165) is 11.3 Å². The third-order valence-corrected chi connectivity index (χ3v) is 2.35. The van der Waals surface area contributed by atoms with Crippen molar-refractivity contribution in [3.8, 4) is 11.8 Å². The first-order valence-corrected chi connectivity index (χ1v) is 4.80. The molecule has 0 spiro atoms. The Morgan fingerprint density at radius 2 is 2.27 bits per heavy atom. The lowest BCUT2D eigenvalue weighted by Gasteiger charge is -2.05. The molecule has 74 valence electrons. The van der Waals surface area contributed by atoms with Crippen LogP contribution in [0.25, 0.3) is 5.69 Å². The number of aryl methyl sites for hydroxylation is 1. The average Bonchev–Trinajstić information content (AvgIpc) is 2.66. The van der Waals surface area contributed by atoms with Crippen molar-refractivity contribution in [3.63, 3.8) is 0 Å². The third-order valence-electron chi connectivity index (χ3n) is 2.12. The molecule has 0 fully saturated rings. The second-order valence-corrected chi connectivity index (χ2v) is 3.65. The fourth-order valence-corrected chi connectivity index (χ4v) is 1.61. The molecule has 15 heavy (non-hydrogen) atoms. The van der Waals surface area contributed by atoms with Gasteiger partial charge in [0.25, 0.3) is 0 Å². The van der Waals surface area contributed by atoms with Gasteiger partial charge in [-0.1, -0.05) is 11.6 Å². The van der Waals surface area contributed by atoms with Crippen LogP contribution in [0.4, 0.5) is 0 Å². The van der Waals surface area contributed by atoms with Crippen molar-refractivity contribution in [1.82, 2.24) is 9.78 Å². The van der Waals surface area contributed by atoms with Gasteiger partial charge in [0.2, 0.25) is 0 Å². The van der Waals surface area contributed by atoms with Crippen molar-refractivity contribution < 1.29 is 0 Å². The fourth-order valence-electron chi connectivity index (χ4n) is 1.39. The highest BCUT2D eigenvalue weighted by Crippen LogP contribution is 2.18. The number of rotatable bonds is 1. The summed E-state index contributed by atoms with van der Waals surface area (Å²) >= 11 is 5.85.